The van der Waals surface area contributed by atoms with Gasteiger partial charge in [-0.2, -0.15) is 4.98 Å². The van der Waals surface area contributed by atoms with E-state index >= 15 is 4.39 Å². The van der Waals surface area contributed by atoms with Gasteiger partial charge in [0, 0.05) is 43.6 Å². The number of hydrogen-bond acceptors (Lipinski definition) is 7. The largest absolute Gasteiger partial charge is 0.357 e. The summed E-state index contributed by atoms with van der Waals surface area (Å²) in [4.78, 5) is 47.0. The van der Waals surface area contributed by atoms with Crippen molar-refractivity contribution in [1.82, 2.24) is 29.4 Å². The van der Waals surface area contributed by atoms with Gasteiger partial charge >= 0.3 is 5.69 Å². The summed E-state index contributed by atoms with van der Waals surface area (Å²) in [6.07, 6.45) is 4.23. The van der Waals surface area contributed by atoms with Crippen LogP contribution in [-0.2, 0) is 4.79 Å². The van der Waals surface area contributed by atoms with Gasteiger partial charge in [-0.25, -0.2) is 28.1 Å². The number of hydrogen-bond donors (Lipinski definition) is 0. The van der Waals surface area contributed by atoms with Crippen LogP contribution in [0.1, 0.15) is 32.4 Å². The Hall–Kier alpha value is -4.54. The highest BCUT2D eigenvalue weighted by atomic mass is 19.1. The zero-order chi connectivity index (χ0) is 27.8. The molecule has 39 heavy (non-hydrogen) atoms. The molecule has 1 aromatic carbocycles. The maximum absolute atomic E-state index is 15.6. The second kappa shape index (κ2) is 10.3. The zero-order valence-electron chi connectivity index (χ0n) is 21.8. The van der Waals surface area contributed by atoms with E-state index in [-0.39, 0.29) is 51.8 Å². The summed E-state index contributed by atoms with van der Waals surface area (Å²) >= 11 is 0. The summed E-state index contributed by atoms with van der Waals surface area (Å²) in [7, 11) is 0. The van der Waals surface area contributed by atoms with Crippen molar-refractivity contribution in [2.24, 2.45) is 0 Å². The van der Waals surface area contributed by atoms with E-state index in [4.69, 9.17) is 0 Å². The standard InChI is InChI=1S/C28H27F2N7O2/c1-5-22(38)35-12-13-36(17(4)15-35)25-19-14-21(30)24(18-8-6-7-9-20(18)29)33-26(19)37(28(39)34-25)27-23(16(2)3)31-10-11-32-27/h5-11,14,16-17H,1,12-13,15H2,2-4H3/t17-/m0/s1. The molecule has 0 radical (unpaired) electrons. The maximum Gasteiger partial charge on any atom is 0.357 e. The molecule has 5 rings (SSSR count). The number of piperazine rings is 1. The highest BCUT2D eigenvalue weighted by Crippen LogP contribution is 2.32. The second-order valence-electron chi connectivity index (χ2n) is 9.67. The highest BCUT2D eigenvalue weighted by Gasteiger charge is 2.30. The van der Waals surface area contributed by atoms with Gasteiger partial charge in [-0.05, 0) is 37.1 Å². The average Bonchev–Trinajstić information content (AvgIpc) is 2.92. The Kier molecular flexibility index (Phi) is 6.90. The first-order chi connectivity index (χ1) is 18.7. The van der Waals surface area contributed by atoms with Gasteiger partial charge in [-0.1, -0.05) is 32.6 Å². The Morgan fingerprint density at radius 1 is 1.08 bits per heavy atom. The SMILES string of the molecule is C=CC(=O)N1CCN(c2nc(=O)n(-c3nccnc3C(C)C)c3nc(-c4ccccc4F)c(F)cc23)[C@@H](C)C1. The summed E-state index contributed by atoms with van der Waals surface area (Å²) < 4.78 is 31.6. The third kappa shape index (κ3) is 4.64. The molecule has 4 heterocycles. The molecular weight excluding hydrogens is 504 g/mol. The average molecular weight is 532 g/mol. The Balaban J connectivity index is 1.78. The summed E-state index contributed by atoms with van der Waals surface area (Å²) in [5.74, 6) is -1.26. The minimum atomic E-state index is -0.766. The number of benzene rings is 1. The van der Waals surface area contributed by atoms with Gasteiger partial charge in [-0.3, -0.25) is 9.78 Å². The van der Waals surface area contributed by atoms with Crippen molar-refractivity contribution >= 4 is 22.8 Å². The molecule has 1 aliphatic rings. The number of nitrogens with zero attached hydrogens (tertiary/aromatic N) is 7. The van der Waals surface area contributed by atoms with Crippen molar-refractivity contribution < 1.29 is 13.6 Å². The van der Waals surface area contributed by atoms with E-state index in [1.165, 1.54) is 47.3 Å². The van der Waals surface area contributed by atoms with Crippen LogP contribution in [0.3, 0.4) is 0 Å². The molecule has 0 saturated carbocycles. The lowest BCUT2D eigenvalue weighted by atomic mass is 10.1. The molecular formula is C28H27F2N7O2. The van der Waals surface area contributed by atoms with Crippen LogP contribution in [0.2, 0.25) is 0 Å². The van der Waals surface area contributed by atoms with Gasteiger partial charge in [0.2, 0.25) is 5.91 Å². The Morgan fingerprint density at radius 3 is 2.51 bits per heavy atom. The fraction of sp³-hybridized carbons (Fsp3) is 0.286. The van der Waals surface area contributed by atoms with Crippen LogP contribution in [0.5, 0.6) is 0 Å². The number of carbonyl (C=O) groups excluding carboxylic acids is 1. The maximum atomic E-state index is 15.6. The molecule has 4 aromatic rings. The molecule has 3 aromatic heterocycles. The van der Waals surface area contributed by atoms with E-state index < -0.39 is 17.3 Å². The molecule has 1 fully saturated rings. The molecule has 0 bridgehead atoms. The lowest BCUT2D eigenvalue weighted by Crippen LogP contribution is -2.54. The minimum Gasteiger partial charge on any atom is -0.350 e. The van der Waals surface area contributed by atoms with Gasteiger partial charge in [0.25, 0.3) is 0 Å². The molecule has 0 aliphatic carbocycles. The molecule has 1 aliphatic heterocycles. The number of carbonyl (C=O) groups is 1. The summed E-state index contributed by atoms with van der Waals surface area (Å²) in [6.45, 7) is 10.3. The predicted molar refractivity (Wildman–Crippen MR) is 144 cm³/mol. The third-order valence-corrected chi connectivity index (χ3v) is 6.78. The van der Waals surface area contributed by atoms with Crippen LogP contribution in [0.25, 0.3) is 28.1 Å². The van der Waals surface area contributed by atoms with Crippen molar-refractivity contribution in [3.8, 4) is 17.1 Å². The molecule has 1 amide bonds. The van der Waals surface area contributed by atoms with Crippen LogP contribution in [0.4, 0.5) is 14.6 Å². The van der Waals surface area contributed by atoms with Crippen LogP contribution in [-0.4, -0.2) is 61.0 Å². The first kappa shape index (κ1) is 26.1. The van der Waals surface area contributed by atoms with Gasteiger partial charge in [0.05, 0.1) is 11.1 Å². The van der Waals surface area contributed by atoms with Crippen molar-refractivity contribution in [3.05, 3.63) is 83.2 Å². The number of fused-ring (bicyclic) bond motifs is 1. The fourth-order valence-electron chi connectivity index (χ4n) is 4.88. The number of rotatable bonds is 5. The molecule has 0 spiro atoms. The highest BCUT2D eigenvalue weighted by molar-refractivity contribution is 5.91. The van der Waals surface area contributed by atoms with Crippen LogP contribution < -0.4 is 10.6 Å². The summed E-state index contributed by atoms with van der Waals surface area (Å²) in [6, 6.07) is 6.71. The number of aromatic nitrogens is 5. The van der Waals surface area contributed by atoms with E-state index in [9.17, 15) is 14.0 Å². The van der Waals surface area contributed by atoms with Crippen LogP contribution >= 0.6 is 0 Å². The number of pyridine rings is 1. The third-order valence-electron chi connectivity index (χ3n) is 6.78. The normalized spacial score (nSPS) is 15.7. The zero-order valence-corrected chi connectivity index (χ0v) is 21.8. The summed E-state index contributed by atoms with van der Waals surface area (Å²) in [5, 5.41) is 0.253. The van der Waals surface area contributed by atoms with Gasteiger partial charge < -0.3 is 9.80 Å². The van der Waals surface area contributed by atoms with E-state index in [1.54, 1.807) is 11.0 Å². The number of anilines is 1. The first-order valence-electron chi connectivity index (χ1n) is 12.6. The molecule has 9 nitrogen and oxygen atoms in total. The predicted octanol–water partition coefficient (Wildman–Crippen LogP) is 3.86. The van der Waals surface area contributed by atoms with Crippen LogP contribution in [0.15, 0.2) is 60.2 Å². The van der Waals surface area contributed by atoms with E-state index in [2.05, 4.69) is 26.5 Å². The number of amides is 1. The Labute approximate surface area is 223 Å². The lowest BCUT2D eigenvalue weighted by Gasteiger charge is -2.40. The van der Waals surface area contributed by atoms with E-state index in [0.717, 1.165) is 0 Å². The lowest BCUT2D eigenvalue weighted by molar-refractivity contribution is -0.126. The van der Waals surface area contributed by atoms with Gasteiger partial charge in [0.1, 0.15) is 23.1 Å². The van der Waals surface area contributed by atoms with Gasteiger partial charge in [0.15, 0.2) is 11.5 Å². The molecule has 11 heteroatoms. The second-order valence-corrected chi connectivity index (χ2v) is 9.67. The Bertz CT molecular complexity index is 1650. The quantitative estimate of drug-likeness (QED) is 0.361. The van der Waals surface area contributed by atoms with Crippen molar-refractivity contribution in [1.29, 1.82) is 0 Å². The van der Waals surface area contributed by atoms with E-state index in [0.29, 0.717) is 25.3 Å². The molecule has 200 valence electrons. The molecule has 0 N–H and O–H groups in total. The van der Waals surface area contributed by atoms with Gasteiger partial charge in [-0.15, -0.1) is 0 Å². The molecule has 1 saturated heterocycles. The first-order valence-corrected chi connectivity index (χ1v) is 12.6. The van der Waals surface area contributed by atoms with Crippen molar-refractivity contribution in [2.45, 2.75) is 32.7 Å². The smallest absolute Gasteiger partial charge is 0.350 e. The fourth-order valence-corrected chi connectivity index (χ4v) is 4.88. The number of halogens is 2. The summed E-state index contributed by atoms with van der Waals surface area (Å²) in [5.41, 5.74) is -0.365. The Morgan fingerprint density at radius 2 is 1.82 bits per heavy atom. The monoisotopic (exact) mass is 531 g/mol. The molecule has 0 unspecified atom stereocenters. The topological polar surface area (TPSA) is 97.1 Å². The van der Waals surface area contributed by atoms with E-state index in [1.807, 2.05) is 25.7 Å². The van der Waals surface area contributed by atoms with Crippen molar-refractivity contribution in [3.63, 3.8) is 0 Å². The molecule has 1 atom stereocenters. The van der Waals surface area contributed by atoms with Crippen molar-refractivity contribution in [2.75, 3.05) is 24.5 Å². The van der Waals surface area contributed by atoms with Crippen LogP contribution in [0, 0.1) is 11.6 Å². The minimum absolute atomic E-state index is 0.0394.